The molecule has 0 aliphatic carbocycles. The Morgan fingerprint density at radius 2 is 1.90 bits per heavy atom. The van der Waals surface area contributed by atoms with E-state index in [-0.39, 0.29) is 11.9 Å². The number of aromatic nitrogens is 4. The molecule has 6 nitrogen and oxygen atoms in total. The van der Waals surface area contributed by atoms with E-state index >= 15 is 0 Å². The number of aryl methyl sites for hydroxylation is 3. The Labute approximate surface area is 182 Å². The van der Waals surface area contributed by atoms with Crippen LogP contribution in [0.3, 0.4) is 0 Å². The molecular formula is C25H27N5O. The van der Waals surface area contributed by atoms with Crippen molar-refractivity contribution in [3.63, 3.8) is 0 Å². The standard InChI is InChI=1S/C25H27N5O/c1-15-9-10-22-20(12-15)21(14-24(28-22)23-8-6-7-11-26-23)25(31)27-16(2)13-19-17(3)29-30(5)18(19)4/h6-12,14,16H,13H2,1-5H3,(H,27,31)/t16-/m1/s1. The zero-order valence-corrected chi connectivity index (χ0v) is 18.6. The molecular weight excluding hydrogens is 386 g/mol. The lowest BCUT2D eigenvalue weighted by molar-refractivity contribution is 0.0941. The van der Waals surface area contributed by atoms with E-state index in [0.717, 1.165) is 40.0 Å². The van der Waals surface area contributed by atoms with E-state index in [2.05, 4.69) is 22.3 Å². The van der Waals surface area contributed by atoms with Gasteiger partial charge < -0.3 is 5.32 Å². The summed E-state index contributed by atoms with van der Waals surface area (Å²) in [6.07, 6.45) is 2.46. The summed E-state index contributed by atoms with van der Waals surface area (Å²) in [7, 11) is 1.94. The Morgan fingerprint density at radius 1 is 1.10 bits per heavy atom. The van der Waals surface area contributed by atoms with Gasteiger partial charge in [0.25, 0.3) is 5.91 Å². The Balaban J connectivity index is 1.68. The number of carbonyl (C=O) groups is 1. The quantitative estimate of drug-likeness (QED) is 0.529. The predicted molar refractivity (Wildman–Crippen MR) is 123 cm³/mol. The number of pyridine rings is 2. The molecule has 0 spiro atoms. The maximum absolute atomic E-state index is 13.3. The summed E-state index contributed by atoms with van der Waals surface area (Å²) in [5, 5.41) is 8.51. The Morgan fingerprint density at radius 3 is 2.58 bits per heavy atom. The van der Waals surface area contributed by atoms with Crippen molar-refractivity contribution in [1.82, 2.24) is 25.1 Å². The van der Waals surface area contributed by atoms with Crippen molar-refractivity contribution in [2.75, 3.05) is 0 Å². The largest absolute Gasteiger partial charge is 0.349 e. The van der Waals surface area contributed by atoms with Gasteiger partial charge in [0.2, 0.25) is 0 Å². The minimum Gasteiger partial charge on any atom is -0.349 e. The molecule has 1 aromatic carbocycles. The number of fused-ring (bicyclic) bond motifs is 1. The van der Waals surface area contributed by atoms with Gasteiger partial charge in [0.1, 0.15) is 0 Å². The van der Waals surface area contributed by atoms with E-state index in [9.17, 15) is 4.79 Å². The first kappa shape index (κ1) is 20.7. The van der Waals surface area contributed by atoms with Gasteiger partial charge in [-0.2, -0.15) is 5.10 Å². The predicted octanol–water partition coefficient (Wildman–Crippen LogP) is 4.32. The van der Waals surface area contributed by atoms with E-state index in [1.54, 1.807) is 6.20 Å². The van der Waals surface area contributed by atoms with Crippen LogP contribution in [0.5, 0.6) is 0 Å². The average Bonchev–Trinajstić information content (AvgIpc) is 2.99. The fourth-order valence-corrected chi connectivity index (χ4v) is 3.94. The third-order valence-corrected chi connectivity index (χ3v) is 5.68. The van der Waals surface area contributed by atoms with E-state index in [0.29, 0.717) is 11.3 Å². The van der Waals surface area contributed by atoms with Crippen LogP contribution in [0.4, 0.5) is 0 Å². The van der Waals surface area contributed by atoms with Crippen molar-refractivity contribution in [3.05, 3.63) is 76.7 Å². The third-order valence-electron chi connectivity index (χ3n) is 5.68. The first-order valence-electron chi connectivity index (χ1n) is 10.5. The third kappa shape index (κ3) is 4.19. The number of hydrogen-bond donors (Lipinski definition) is 1. The molecule has 1 amide bonds. The van der Waals surface area contributed by atoms with Gasteiger partial charge >= 0.3 is 0 Å². The second kappa shape index (κ2) is 8.30. The highest BCUT2D eigenvalue weighted by atomic mass is 16.1. The molecule has 6 heteroatoms. The molecule has 0 radical (unpaired) electrons. The lowest BCUT2D eigenvalue weighted by atomic mass is 10.0. The van der Waals surface area contributed by atoms with Crippen molar-refractivity contribution in [2.24, 2.45) is 7.05 Å². The second-order valence-electron chi connectivity index (χ2n) is 8.14. The lowest BCUT2D eigenvalue weighted by Gasteiger charge is -2.16. The first-order valence-corrected chi connectivity index (χ1v) is 10.5. The second-order valence-corrected chi connectivity index (χ2v) is 8.14. The Hall–Kier alpha value is -3.54. The molecule has 0 aliphatic heterocycles. The topological polar surface area (TPSA) is 72.7 Å². The number of nitrogens with zero attached hydrogens (tertiary/aromatic N) is 4. The molecule has 158 valence electrons. The van der Waals surface area contributed by atoms with Crippen LogP contribution in [0.15, 0.2) is 48.7 Å². The highest BCUT2D eigenvalue weighted by Crippen LogP contribution is 2.25. The number of nitrogens with one attached hydrogen (secondary N) is 1. The maximum Gasteiger partial charge on any atom is 0.252 e. The number of amides is 1. The highest BCUT2D eigenvalue weighted by molar-refractivity contribution is 6.07. The summed E-state index contributed by atoms with van der Waals surface area (Å²) >= 11 is 0. The van der Waals surface area contributed by atoms with Gasteiger partial charge in [-0.3, -0.25) is 14.5 Å². The number of rotatable bonds is 5. The van der Waals surface area contributed by atoms with Crippen LogP contribution in [-0.2, 0) is 13.5 Å². The molecule has 3 aromatic heterocycles. The summed E-state index contributed by atoms with van der Waals surface area (Å²) in [5.74, 6) is -0.109. The van der Waals surface area contributed by atoms with Gasteiger partial charge in [-0.1, -0.05) is 17.7 Å². The first-order chi connectivity index (χ1) is 14.8. The molecule has 0 unspecified atom stereocenters. The lowest BCUT2D eigenvalue weighted by Crippen LogP contribution is -2.34. The number of benzene rings is 1. The van der Waals surface area contributed by atoms with Crippen LogP contribution in [0.1, 0.15) is 39.8 Å². The molecule has 4 aromatic rings. The Bertz CT molecular complexity index is 1260. The van der Waals surface area contributed by atoms with Crippen LogP contribution < -0.4 is 5.32 Å². The van der Waals surface area contributed by atoms with Crippen LogP contribution in [0.2, 0.25) is 0 Å². The maximum atomic E-state index is 13.3. The summed E-state index contributed by atoms with van der Waals surface area (Å²) in [6.45, 7) is 8.11. The highest BCUT2D eigenvalue weighted by Gasteiger charge is 2.19. The minimum atomic E-state index is -0.109. The summed E-state index contributed by atoms with van der Waals surface area (Å²) in [4.78, 5) is 22.5. The monoisotopic (exact) mass is 413 g/mol. The molecule has 0 saturated heterocycles. The van der Waals surface area contributed by atoms with Crippen LogP contribution in [-0.4, -0.2) is 31.7 Å². The number of hydrogen-bond acceptors (Lipinski definition) is 4. The molecule has 3 heterocycles. The zero-order chi connectivity index (χ0) is 22.1. The summed E-state index contributed by atoms with van der Waals surface area (Å²) < 4.78 is 1.89. The minimum absolute atomic E-state index is 0.0413. The molecule has 31 heavy (non-hydrogen) atoms. The fraction of sp³-hybridized carbons (Fsp3) is 0.280. The van der Waals surface area contributed by atoms with Gasteiger partial charge in [0, 0.05) is 30.4 Å². The molecule has 4 rings (SSSR count). The van der Waals surface area contributed by atoms with Gasteiger partial charge in [0.15, 0.2) is 0 Å². The van der Waals surface area contributed by atoms with Crippen molar-refractivity contribution < 1.29 is 4.79 Å². The smallest absolute Gasteiger partial charge is 0.252 e. The van der Waals surface area contributed by atoms with Crippen molar-refractivity contribution in [3.8, 4) is 11.4 Å². The molecule has 0 aliphatic rings. The number of carbonyl (C=O) groups excluding carboxylic acids is 1. The van der Waals surface area contributed by atoms with E-state index < -0.39 is 0 Å². The fourth-order valence-electron chi connectivity index (χ4n) is 3.94. The van der Waals surface area contributed by atoms with Crippen LogP contribution in [0, 0.1) is 20.8 Å². The molecule has 0 bridgehead atoms. The zero-order valence-electron chi connectivity index (χ0n) is 18.6. The molecule has 1 atom stereocenters. The normalized spacial score (nSPS) is 12.2. The van der Waals surface area contributed by atoms with E-state index in [1.165, 1.54) is 5.56 Å². The van der Waals surface area contributed by atoms with Gasteiger partial charge in [0.05, 0.1) is 28.2 Å². The molecule has 1 N–H and O–H groups in total. The van der Waals surface area contributed by atoms with E-state index in [4.69, 9.17) is 4.98 Å². The summed E-state index contributed by atoms with van der Waals surface area (Å²) in [5.41, 5.74) is 7.22. The van der Waals surface area contributed by atoms with Crippen molar-refractivity contribution in [1.29, 1.82) is 0 Å². The van der Waals surface area contributed by atoms with E-state index in [1.807, 2.05) is 75.0 Å². The Kier molecular flexibility index (Phi) is 5.55. The van der Waals surface area contributed by atoms with Crippen molar-refractivity contribution >= 4 is 16.8 Å². The van der Waals surface area contributed by atoms with Crippen LogP contribution in [0.25, 0.3) is 22.3 Å². The average molecular weight is 414 g/mol. The van der Waals surface area contributed by atoms with Crippen LogP contribution >= 0.6 is 0 Å². The van der Waals surface area contributed by atoms with Gasteiger partial charge in [-0.25, -0.2) is 4.98 Å². The van der Waals surface area contributed by atoms with Gasteiger partial charge in [-0.05, 0) is 70.0 Å². The van der Waals surface area contributed by atoms with Crippen molar-refractivity contribution in [2.45, 2.75) is 40.2 Å². The summed E-state index contributed by atoms with van der Waals surface area (Å²) in [6, 6.07) is 13.5. The molecule has 0 fully saturated rings. The van der Waals surface area contributed by atoms with Gasteiger partial charge in [-0.15, -0.1) is 0 Å². The molecule has 0 saturated carbocycles. The SMILES string of the molecule is Cc1ccc2nc(-c3ccccn3)cc(C(=O)N[C@H](C)Cc3c(C)nn(C)c3C)c2c1.